The summed E-state index contributed by atoms with van der Waals surface area (Å²) in [5.74, 6) is 3.52. The van der Waals surface area contributed by atoms with Crippen molar-refractivity contribution in [2.24, 2.45) is 5.92 Å². The topological polar surface area (TPSA) is 51.1 Å². The minimum Gasteiger partial charge on any atom is -0.467 e. The first-order valence-electron chi connectivity index (χ1n) is 10.9. The highest BCUT2D eigenvalue weighted by Crippen LogP contribution is 2.35. The number of ether oxygens (including phenoxy) is 1. The first kappa shape index (κ1) is 21.6. The fourth-order valence-corrected chi connectivity index (χ4v) is 5.14. The molecule has 5 rings (SSSR count). The third kappa shape index (κ3) is 3.67. The standard InChI is InChI=1S/C26H24FN4OP/c1-4-17-20(27)11-10-16-8-5-9-18(21(16)17)22-24(33)23-19(13-28-22)25(30-26(29-23)32-3)31-12-6-7-15(2)14-31/h1,5,8-11,13,15H,6-7,12,14,33H2,2-3H3. The molecule has 2 unspecified atom stereocenters. The average molecular weight is 458 g/mol. The summed E-state index contributed by atoms with van der Waals surface area (Å²) in [5, 5.41) is 3.18. The molecule has 2 aromatic heterocycles. The van der Waals surface area contributed by atoms with E-state index in [4.69, 9.17) is 16.1 Å². The Labute approximate surface area is 194 Å². The molecule has 0 bridgehead atoms. The molecule has 166 valence electrons. The lowest BCUT2D eigenvalue weighted by Gasteiger charge is -2.32. The summed E-state index contributed by atoms with van der Waals surface area (Å²) in [6.07, 6.45) is 9.82. The molecule has 0 N–H and O–H groups in total. The molecule has 1 saturated heterocycles. The first-order chi connectivity index (χ1) is 16.0. The maximum Gasteiger partial charge on any atom is 0.318 e. The van der Waals surface area contributed by atoms with Crippen molar-refractivity contribution in [2.45, 2.75) is 19.8 Å². The fourth-order valence-electron chi connectivity index (χ4n) is 4.69. The van der Waals surface area contributed by atoms with Crippen molar-refractivity contribution < 1.29 is 9.13 Å². The van der Waals surface area contributed by atoms with E-state index in [1.165, 1.54) is 12.5 Å². The number of aromatic nitrogens is 3. The third-order valence-corrected chi connectivity index (χ3v) is 6.82. The molecule has 4 aromatic rings. The number of rotatable bonds is 3. The van der Waals surface area contributed by atoms with Crippen LogP contribution >= 0.6 is 9.24 Å². The molecule has 0 saturated carbocycles. The molecule has 3 heterocycles. The van der Waals surface area contributed by atoms with Crippen LogP contribution in [0, 0.1) is 24.1 Å². The third-order valence-electron chi connectivity index (χ3n) is 6.27. The van der Waals surface area contributed by atoms with Crippen molar-refractivity contribution in [3.8, 4) is 29.6 Å². The van der Waals surface area contributed by atoms with Crippen LogP contribution < -0.4 is 14.9 Å². The summed E-state index contributed by atoms with van der Waals surface area (Å²) >= 11 is 0. The summed E-state index contributed by atoms with van der Waals surface area (Å²) < 4.78 is 20.0. The van der Waals surface area contributed by atoms with Crippen molar-refractivity contribution in [2.75, 3.05) is 25.1 Å². The highest BCUT2D eigenvalue weighted by Gasteiger charge is 2.23. The van der Waals surface area contributed by atoms with Crippen LogP contribution in [-0.2, 0) is 0 Å². The van der Waals surface area contributed by atoms with Crippen LogP contribution in [0.15, 0.2) is 36.5 Å². The van der Waals surface area contributed by atoms with E-state index < -0.39 is 5.82 Å². The van der Waals surface area contributed by atoms with E-state index in [0.29, 0.717) is 23.0 Å². The Kier molecular flexibility index (Phi) is 5.60. The van der Waals surface area contributed by atoms with Crippen molar-refractivity contribution in [3.05, 3.63) is 47.9 Å². The van der Waals surface area contributed by atoms with Crippen LogP contribution in [0.25, 0.3) is 32.9 Å². The second-order valence-corrected chi connectivity index (χ2v) is 9.06. The van der Waals surface area contributed by atoms with Crippen LogP contribution in [0.5, 0.6) is 6.01 Å². The lowest BCUT2D eigenvalue weighted by Crippen LogP contribution is -2.35. The summed E-state index contributed by atoms with van der Waals surface area (Å²) in [5.41, 5.74) is 2.41. The van der Waals surface area contributed by atoms with Crippen LogP contribution in [0.1, 0.15) is 25.3 Å². The van der Waals surface area contributed by atoms with Gasteiger partial charge in [-0.15, -0.1) is 15.7 Å². The Hall–Kier alpha value is -3.29. The van der Waals surface area contributed by atoms with Gasteiger partial charge in [-0.2, -0.15) is 9.97 Å². The monoisotopic (exact) mass is 458 g/mol. The van der Waals surface area contributed by atoms with Gasteiger partial charge in [-0.25, -0.2) is 4.39 Å². The first-order valence-corrected chi connectivity index (χ1v) is 11.5. The molecule has 0 spiro atoms. The van der Waals surface area contributed by atoms with E-state index in [9.17, 15) is 4.39 Å². The van der Waals surface area contributed by atoms with Crippen LogP contribution in [0.4, 0.5) is 10.2 Å². The molecule has 1 aliphatic rings. The number of hydrogen-bond acceptors (Lipinski definition) is 5. The van der Waals surface area contributed by atoms with Gasteiger partial charge in [0.2, 0.25) is 0 Å². The smallest absolute Gasteiger partial charge is 0.318 e. The predicted octanol–water partition coefficient (Wildman–Crippen LogP) is 4.71. The van der Waals surface area contributed by atoms with Gasteiger partial charge in [0, 0.05) is 35.5 Å². The second-order valence-electron chi connectivity index (χ2n) is 8.48. The van der Waals surface area contributed by atoms with Crippen LogP contribution in [0.2, 0.25) is 0 Å². The minimum absolute atomic E-state index is 0.234. The van der Waals surface area contributed by atoms with E-state index in [-0.39, 0.29) is 5.56 Å². The normalized spacial score (nSPS) is 16.2. The lowest BCUT2D eigenvalue weighted by molar-refractivity contribution is 0.380. The van der Waals surface area contributed by atoms with E-state index in [2.05, 4.69) is 37.0 Å². The van der Waals surface area contributed by atoms with Gasteiger partial charge in [0.1, 0.15) is 11.6 Å². The Morgan fingerprint density at radius 2 is 2.09 bits per heavy atom. The number of anilines is 1. The Balaban J connectivity index is 1.77. The van der Waals surface area contributed by atoms with Crippen molar-refractivity contribution >= 4 is 42.0 Å². The van der Waals surface area contributed by atoms with Gasteiger partial charge in [-0.3, -0.25) is 4.98 Å². The number of methoxy groups -OCH3 is 1. The van der Waals surface area contributed by atoms with E-state index >= 15 is 0 Å². The van der Waals surface area contributed by atoms with Gasteiger partial charge in [-0.05, 0) is 30.2 Å². The van der Waals surface area contributed by atoms with Gasteiger partial charge in [0.25, 0.3) is 0 Å². The summed E-state index contributed by atoms with van der Waals surface area (Å²) in [4.78, 5) is 16.4. The average Bonchev–Trinajstić information content (AvgIpc) is 2.83. The van der Waals surface area contributed by atoms with E-state index in [0.717, 1.165) is 52.5 Å². The number of fused-ring (bicyclic) bond motifs is 2. The lowest BCUT2D eigenvalue weighted by atomic mass is 9.96. The van der Waals surface area contributed by atoms with Crippen LogP contribution in [0.3, 0.4) is 0 Å². The number of pyridine rings is 1. The quantitative estimate of drug-likeness (QED) is 0.329. The maximum absolute atomic E-state index is 14.5. The van der Waals surface area contributed by atoms with Gasteiger partial charge in [-0.1, -0.05) is 37.1 Å². The van der Waals surface area contributed by atoms with Crippen molar-refractivity contribution in [3.63, 3.8) is 0 Å². The van der Waals surface area contributed by atoms with E-state index in [1.807, 2.05) is 18.2 Å². The molecule has 0 aliphatic carbocycles. The molecule has 33 heavy (non-hydrogen) atoms. The SMILES string of the molecule is C#Cc1c(F)ccc2cccc(-c3ncc4c(N5CCCC(C)C5)nc(OC)nc4c3P)c12. The van der Waals surface area contributed by atoms with Crippen molar-refractivity contribution in [1.29, 1.82) is 0 Å². The maximum atomic E-state index is 14.5. The van der Waals surface area contributed by atoms with E-state index in [1.54, 1.807) is 19.4 Å². The zero-order valence-electron chi connectivity index (χ0n) is 18.6. The zero-order valence-corrected chi connectivity index (χ0v) is 19.8. The summed E-state index contributed by atoms with van der Waals surface area (Å²) in [6.45, 7) is 4.12. The van der Waals surface area contributed by atoms with Crippen LogP contribution in [-0.4, -0.2) is 35.2 Å². The molecule has 7 heteroatoms. The van der Waals surface area contributed by atoms with Gasteiger partial charge in [0.15, 0.2) is 0 Å². The van der Waals surface area contributed by atoms with Gasteiger partial charge < -0.3 is 9.64 Å². The highest BCUT2D eigenvalue weighted by atomic mass is 31.0. The molecule has 0 amide bonds. The van der Waals surface area contributed by atoms with Gasteiger partial charge in [0.05, 0.1) is 29.3 Å². The van der Waals surface area contributed by atoms with Crippen molar-refractivity contribution in [1.82, 2.24) is 15.0 Å². The molecule has 5 nitrogen and oxygen atoms in total. The molecular weight excluding hydrogens is 434 g/mol. The summed E-state index contributed by atoms with van der Waals surface area (Å²) in [7, 11) is 4.33. The molecule has 2 atom stereocenters. The Morgan fingerprint density at radius 1 is 1.24 bits per heavy atom. The number of piperidine rings is 1. The van der Waals surface area contributed by atoms with Gasteiger partial charge >= 0.3 is 6.01 Å². The molecule has 1 aliphatic heterocycles. The molecule has 1 fully saturated rings. The number of halogens is 1. The molecule has 2 aromatic carbocycles. The largest absolute Gasteiger partial charge is 0.467 e. The Bertz CT molecular complexity index is 1430. The zero-order chi connectivity index (χ0) is 23.1. The molecular formula is C26H24FN4OP. The summed E-state index contributed by atoms with van der Waals surface area (Å²) in [6, 6.07) is 9.21. The Morgan fingerprint density at radius 3 is 2.85 bits per heavy atom. The highest BCUT2D eigenvalue weighted by molar-refractivity contribution is 7.28. The predicted molar refractivity (Wildman–Crippen MR) is 135 cm³/mol. The number of terminal acetylenes is 1. The number of benzene rings is 2. The fraction of sp³-hybridized carbons (Fsp3) is 0.269. The minimum atomic E-state index is -0.422. The number of nitrogens with zero attached hydrogens (tertiary/aromatic N) is 4. The number of hydrogen-bond donors (Lipinski definition) is 0. The second kappa shape index (κ2) is 8.57. The molecule has 0 radical (unpaired) electrons.